The first kappa shape index (κ1) is 8.91. The van der Waals surface area contributed by atoms with Crippen LogP contribution in [0, 0.1) is 0 Å². The van der Waals surface area contributed by atoms with Crippen molar-refractivity contribution in [2.75, 3.05) is 19.0 Å². The lowest BCUT2D eigenvalue weighted by atomic mass is 10.1. The lowest BCUT2D eigenvalue weighted by molar-refractivity contribution is 0.474. The molecule has 0 unspecified atom stereocenters. The van der Waals surface area contributed by atoms with Crippen molar-refractivity contribution in [1.29, 1.82) is 0 Å². The number of anilines is 1. The summed E-state index contributed by atoms with van der Waals surface area (Å²) < 4.78 is 0. The minimum Gasteiger partial charge on any atom is -0.508 e. The van der Waals surface area contributed by atoms with Gasteiger partial charge in [0, 0.05) is 19.8 Å². The Balaban J connectivity index is 3.11. The summed E-state index contributed by atoms with van der Waals surface area (Å²) in [5, 5.41) is 9.23. The summed E-state index contributed by atoms with van der Waals surface area (Å²) in [6.07, 6.45) is 0.946. The third kappa shape index (κ3) is 1.70. The number of aryl methyl sites for hydroxylation is 1. The molecule has 0 aliphatic rings. The van der Waals surface area contributed by atoms with E-state index in [2.05, 4.69) is 11.8 Å². The molecule has 1 rings (SSSR count). The Morgan fingerprint density at radius 2 is 2.00 bits per heavy atom. The number of benzene rings is 1. The number of hydrogen-bond acceptors (Lipinski definition) is 2. The zero-order valence-electron chi connectivity index (χ0n) is 7.83. The molecule has 2 nitrogen and oxygen atoms in total. The molecule has 0 saturated carbocycles. The maximum absolute atomic E-state index is 9.23. The predicted octanol–water partition coefficient (Wildman–Crippen LogP) is 2.02. The molecule has 0 heterocycles. The molecule has 0 bridgehead atoms. The van der Waals surface area contributed by atoms with E-state index in [1.54, 1.807) is 6.07 Å². The Kier molecular flexibility index (Phi) is 2.58. The zero-order valence-corrected chi connectivity index (χ0v) is 7.83. The second-order valence-corrected chi connectivity index (χ2v) is 3.06. The molecule has 0 radical (unpaired) electrons. The van der Waals surface area contributed by atoms with E-state index in [1.165, 1.54) is 11.3 Å². The van der Waals surface area contributed by atoms with Crippen molar-refractivity contribution in [2.45, 2.75) is 13.3 Å². The Morgan fingerprint density at radius 1 is 1.33 bits per heavy atom. The van der Waals surface area contributed by atoms with Crippen molar-refractivity contribution in [2.24, 2.45) is 0 Å². The number of nitrogens with zero attached hydrogens (tertiary/aromatic N) is 1. The lowest BCUT2D eigenvalue weighted by Crippen LogP contribution is -2.10. The fourth-order valence-corrected chi connectivity index (χ4v) is 1.29. The summed E-state index contributed by atoms with van der Waals surface area (Å²) in [4.78, 5) is 2.05. The van der Waals surface area contributed by atoms with Crippen LogP contribution in [0.4, 0.5) is 5.69 Å². The van der Waals surface area contributed by atoms with E-state index in [0.717, 1.165) is 6.42 Å². The molecule has 0 aliphatic carbocycles. The summed E-state index contributed by atoms with van der Waals surface area (Å²) in [7, 11) is 4.01. The summed E-state index contributed by atoms with van der Waals surface area (Å²) in [5.41, 5.74) is 2.36. The molecule has 1 aromatic carbocycles. The highest BCUT2D eigenvalue weighted by molar-refractivity contribution is 5.55. The first-order valence-corrected chi connectivity index (χ1v) is 4.14. The van der Waals surface area contributed by atoms with Crippen LogP contribution in [0.1, 0.15) is 12.5 Å². The van der Waals surface area contributed by atoms with Gasteiger partial charge in [0.15, 0.2) is 0 Å². The van der Waals surface area contributed by atoms with Gasteiger partial charge in [0.1, 0.15) is 5.75 Å². The van der Waals surface area contributed by atoms with E-state index in [9.17, 15) is 5.11 Å². The van der Waals surface area contributed by atoms with E-state index in [4.69, 9.17) is 0 Å². The molecular formula is C10H15NO. The third-order valence-electron chi connectivity index (χ3n) is 1.93. The van der Waals surface area contributed by atoms with E-state index in [-0.39, 0.29) is 0 Å². The Hall–Kier alpha value is -1.18. The van der Waals surface area contributed by atoms with Crippen LogP contribution in [0.2, 0.25) is 0 Å². The summed E-state index contributed by atoms with van der Waals surface area (Å²) in [6.45, 7) is 2.09. The van der Waals surface area contributed by atoms with E-state index in [0.29, 0.717) is 5.75 Å². The SMILES string of the molecule is CCc1cc(O)ccc1N(C)C. The minimum absolute atomic E-state index is 0.345. The van der Waals surface area contributed by atoms with Gasteiger partial charge in [-0.3, -0.25) is 0 Å². The van der Waals surface area contributed by atoms with Gasteiger partial charge in [0.05, 0.1) is 0 Å². The molecule has 1 N–H and O–H groups in total. The number of rotatable bonds is 2. The summed E-state index contributed by atoms with van der Waals surface area (Å²) in [6, 6.07) is 5.47. The number of hydrogen-bond donors (Lipinski definition) is 1. The first-order valence-electron chi connectivity index (χ1n) is 4.14. The van der Waals surface area contributed by atoms with Crippen LogP contribution in [-0.4, -0.2) is 19.2 Å². The monoisotopic (exact) mass is 165 g/mol. The van der Waals surface area contributed by atoms with Crippen molar-refractivity contribution in [3.8, 4) is 5.75 Å². The predicted molar refractivity (Wildman–Crippen MR) is 51.8 cm³/mol. The van der Waals surface area contributed by atoms with Crippen molar-refractivity contribution in [3.05, 3.63) is 23.8 Å². The molecule has 12 heavy (non-hydrogen) atoms. The quantitative estimate of drug-likeness (QED) is 0.724. The maximum Gasteiger partial charge on any atom is 0.116 e. The van der Waals surface area contributed by atoms with Crippen LogP contribution < -0.4 is 4.90 Å². The van der Waals surface area contributed by atoms with E-state index >= 15 is 0 Å². The first-order chi connectivity index (χ1) is 5.65. The summed E-state index contributed by atoms with van der Waals surface area (Å²) >= 11 is 0. The Labute approximate surface area is 73.4 Å². The fourth-order valence-electron chi connectivity index (χ4n) is 1.29. The number of aromatic hydroxyl groups is 1. The molecule has 2 heteroatoms. The van der Waals surface area contributed by atoms with Crippen LogP contribution in [0.3, 0.4) is 0 Å². The second kappa shape index (κ2) is 3.48. The van der Waals surface area contributed by atoms with Crippen molar-refractivity contribution >= 4 is 5.69 Å². The largest absolute Gasteiger partial charge is 0.508 e. The van der Waals surface area contributed by atoms with Gasteiger partial charge in [-0.2, -0.15) is 0 Å². The Bertz CT molecular complexity index is 269. The number of phenolic OH excluding ortho intramolecular Hbond substituents is 1. The second-order valence-electron chi connectivity index (χ2n) is 3.06. The van der Waals surface area contributed by atoms with Gasteiger partial charge in [-0.1, -0.05) is 6.92 Å². The van der Waals surface area contributed by atoms with Crippen LogP contribution in [-0.2, 0) is 6.42 Å². The summed E-state index contributed by atoms with van der Waals surface area (Å²) in [5.74, 6) is 0.345. The lowest BCUT2D eigenvalue weighted by Gasteiger charge is -2.16. The average molecular weight is 165 g/mol. The molecule has 66 valence electrons. The highest BCUT2D eigenvalue weighted by Crippen LogP contribution is 2.23. The van der Waals surface area contributed by atoms with Crippen molar-refractivity contribution in [1.82, 2.24) is 0 Å². The smallest absolute Gasteiger partial charge is 0.116 e. The molecule has 0 saturated heterocycles. The zero-order chi connectivity index (χ0) is 9.14. The third-order valence-corrected chi connectivity index (χ3v) is 1.93. The van der Waals surface area contributed by atoms with Crippen LogP contribution in [0.15, 0.2) is 18.2 Å². The molecular weight excluding hydrogens is 150 g/mol. The molecule has 0 amide bonds. The van der Waals surface area contributed by atoms with Gasteiger partial charge in [-0.15, -0.1) is 0 Å². The minimum atomic E-state index is 0.345. The molecule has 1 aromatic rings. The maximum atomic E-state index is 9.23. The van der Waals surface area contributed by atoms with Gasteiger partial charge < -0.3 is 10.0 Å². The highest BCUT2D eigenvalue weighted by atomic mass is 16.3. The van der Waals surface area contributed by atoms with Gasteiger partial charge in [-0.05, 0) is 30.2 Å². The highest BCUT2D eigenvalue weighted by Gasteiger charge is 2.02. The molecule has 0 spiro atoms. The van der Waals surface area contributed by atoms with Crippen LogP contribution in [0.5, 0.6) is 5.75 Å². The van der Waals surface area contributed by atoms with Gasteiger partial charge in [-0.25, -0.2) is 0 Å². The van der Waals surface area contributed by atoms with E-state index in [1.807, 2.05) is 26.2 Å². The molecule has 0 atom stereocenters. The normalized spacial score (nSPS) is 9.92. The van der Waals surface area contributed by atoms with Gasteiger partial charge >= 0.3 is 0 Å². The topological polar surface area (TPSA) is 23.5 Å². The van der Waals surface area contributed by atoms with Gasteiger partial charge in [0.25, 0.3) is 0 Å². The Morgan fingerprint density at radius 3 is 2.50 bits per heavy atom. The van der Waals surface area contributed by atoms with Crippen molar-refractivity contribution in [3.63, 3.8) is 0 Å². The number of phenols is 1. The standard InChI is InChI=1S/C10H15NO/c1-4-8-7-9(12)5-6-10(8)11(2)3/h5-7,12H,4H2,1-3H3. The molecule has 0 fully saturated rings. The van der Waals surface area contributed by atoms with Crippen molar-refractivity contribution < 1.29 is 5.11 Å². The molecule has 0 aromatic heterocycles. The average Bonchev–Trinajstić information content (AvgIpc) is 2.03. The van der Waals surface area contributed by atoms with E-state index < -0.39 is 0 Å². The van der Waals surface area contributed by atoms with Gasteiger partial charge in [0.2, 0.25) is 0 Å². The van der Waals surface area contributed by atoms with Crippen LogP contribution >= 0.6 is 0 Å². The van der Waals surface area contributed by atoms with Crippen LogP contribution in [0.25, 0.3) is 0 Å². The molecule has 0 aliphatic heterocycles. The fraction of sp³-hybridized carbons (Fsp3) is 0.400.